The van der Waals surface area contributed by atoms with Crippen LogP contribution >= 0.6 is 0 Å². The molecule has 4 aromatic rings. The molecule has 1 atom stereocenters. The molecule has 2 amide bonds. The van der Waals surface area contributed by atoms with Gasteiger partial charge in [0.2, 0.25) is 17.6 Å². The standard InChI is InChI=1S/C29H28N4O3/c34-26(16-9-17-27-31-28(32-36-27)22-12-5-2-6-13-22)30-18-24(21-10-3-1-4-11-21)20-33-19-23-14-7-8-15-25(23)29(33)35/h1-8,10-15,24H,9,16-20H2,(H,30,34). The van der Waals surface area contributed by atoms with Crippen molar-refractivity contribution in [2.24, 2.45) is 0 Å². The van der Waals surface area contributed by atoms with E-state index in [1.54, 1.807) is 0 Å². The Morgan fingerprint density at radius 3 is 2.47 bits per heavy atom. The van der Waals surface area contributed by atoms with Gasteiger partial charge in [-0.2, -0.15) is 4.98 Å². The molecule has 1 unspecified atom stereocenters. The Hall–Kier alpha value is -4.26. The summed E-state index contributed by atoms with van der Waals surface area (Å²) >= 11 is 0. The third kappa shape index (κ3) is 5.51. The quantitative estimate of drug-likeness (QED) is 0.358. The van der Waals surface area contributed by atoms with E-state index in [-0.39, 0.29) is 17.7 Å². The minimum Gasteiger partial charge on any atom is -0.355 e. The monoisotopic (exact) mass is 480 g/mol. The summed E-state index contributed by atoms with van der Waals surface area (Å²) in [4.78, 5) is 31.8. The first-order chi connectivity index (χ1) is 17.7. The van der Waals surface area contributed by atoms with Gasteiger partial charge in [-0.15, -0.1) is 0 Å². The highest BCUT2D eigenvalue weighted by Gasteiger charge is 2.29. The third-order valence-corrected chi connectivity index (χ3v) is 6.45. The lowest BCUT2D eigenvalue weighted by atomic mass is 9.98. The Balaban J connectivity index is 1.14. The van der Waals surface area contributed by atoms with Crippen molar-refractivity contribution in [3.63, 3.8) is 0 Å². The van der Waals surface area contributed by atoms with Crippen LogP contribution in [0, 0.1) is 0 Å². The van der Waals surface area contributed by atoms with Crippen LogP contribution in [0.25, 0.3) is 11.4 Å². The summed E-state index contributed by atoms with van der Waals surface area (Å²) in [6.07, 6.45) is 1.51. The van der Waals surface area contributed by atoms with Crippen LogP contribution in [-0.4, -0.2) is 39.9 Å². The predicted molar refractivity (Wildman–Crippen MR) is 136 cm³/mol. The van der Waals surface area contributed by atoms with E-state index in [2.05, 4.69) is 15.5 Å². The Labute approximate surface area is 210 Å². The van der Waals surface area contributed by atoms with Gasteiger partial charge in [-0.3, -0.25) is 9.59 Å². The van der Waals surface area contributed by atoms with Gasteiger partial charge in [0.1, 0.15) is 0 Å². The number of aryl methyl sites for hydroxylation is 1. The minimum atomic E-state index is -0.0326. The molecule has 1 aliphatic heterocycles. The molecule has 1 aliphatic rings. The first-order valence-corrected chi connectivity index (χ1v) is 12.2. The van der Waals surface area contributed by atoms with Crippen molar-refractivity contribution in [1.29, 1.82) is 0 Å². The van der Waals surface area contributed by atoms with Crippen LogP contribution in [0.3, 0.4) is 0 Å². The van der Waals surface area contributed by atoms with Gasteiger partial charge in [-0.25, -0.2) is 0 Å². The summed E-state index contributed by atoms with van der Waals surface area (Å²) in [5, 5.41) is 7.09. The normalized spacial score (nSPS) is 13.4. The first kappa shape index (κ1) is 23.5. The number of fused-ring (bicyclic) bond motifs is 1. The lowest BCUT2D eigenvalue weighted by Gasteiger charge is -2.24. The van der Waals surface area contributed by atoms with E-state index in [0.29, 0.717) is 50.6 Å². The zero-order valence-electron chi connectivity index (χ0n) is 20.0. The number of benzene rings is 3. The molecule has 0 saturated heterocycles. The second-order valence-electron chi connectivity index (χ2n) is 8.99. The van der Waals surface area contributed by atoms with E-state index >= 15 is 0 Å². The van der Waals surface area contributed by atoms with Crippen molar-refractivity contribution in [3.8, 4) is 11.4 Å². The van der Waals surface area contributed by atoms with Gasteiger partial charge < -0.3 is 14.7 Å². The lowest BCUT2D eigenvalue weighted by molar-refractivity contribution is -0.121. The summed E-state index contributed by atoms with van der Waals surface area (Å²) in [5.41, 5.74) is 3.82. The van der Waals surface area contributed by atoms with E-state index in [9.17, 15) is 9.59 Å². The number of rotatable bonds is 10. The van der Waals surface area contributed by atoms with Crippen molar-refractivity contribution < 1.29 is 14.1 Å². The van der Waals surface area contributed by atoms with E-state index < -0.39 is 0 Å². The van der Waals surface area contributed by atoms with Gasteiger partial charge in [0, 0.05) is 49.5 Å². The van der Waals surface area contributed by atoms with E-state index in [4.69, 9.17) is 4.52 Å². The van der Waals surface area contributed by atoms with Gasteiger partial charge in [-0.1, -0.05) is 84.0 Å². The summed E-state index contributed by atoms with van der Waals surface area (Å²) in [6, 6.07) is 27.4. The second kappa shape index (κ2) is 11.0. The molecular weight excluding hydrogens is 452 g/mol. The van der Waals surface area contributed by atoms with E-state index in [0.717, 1.165) is 22.3 Å². The number of nitrogens with zero attached hydrogens (tertiary/aromatic N) is 3. The summed E-state index contributed by atoms with van der Waals surface area (Å²) in [7, 11) is 0. The largest absolute Gasteiger partial charge is 0.355 e. The van der Waals surface area contributed by atoms with Crippen molar-refractivity contribution in [2.75, 3.05) is 13.1 Å². The molecule has 3 aromatic carbocycles. The SMILES string of the molecule is O=C(CCCc1nc(-c2ccccc2)no1)NCC(CN1Cc2ccccc2C1=O)c1ccccc1. The third-order valence-electron chi connectivity index (χ3n) is 6.45. The zero-order chi connectivity index (χ0) is 24.7. The van der Waals surface area contributed by atoms with Crippen LogP contribution in [0.15, 0.2) is 89.5 Å². The Kier molecular flexibility index (Phi) is 7.17. The maximum absolute atomic E-state index is 12.9. The predicted octanol–water partition coefficient (Wildman–Crippen LogP) is 4.62. The van der Waals surface area contributed by atoms with Gasteiger partial charge in [0.15, 0.2) is 0 Å². The molecule has 1 aromatic heterocycles. The van der Waals surface area contributed by atoms with Gasteiger partial charge in [-0.05, 0) is 23.6 Å². The van der Waals surface area contributed by atoms with Crippen LogP contribution < -0.4 is 5.32 Å². The molecule has 0 radical (unpaired) electrons. The average Bonchev–Trinajstić information content (AvgIpc) is 3.52. The van der Waals surface area contributed by atoms with Crippen molar-refractivity contribution in [2.45, 2.75) is 31.7 Å². The molecular formula is C29H28N4O3. The molecule has 36 heavy (non-hydrogen) atoms. The molecule has 7 heteroatoms. The summed E-state index contributed by atoms with van der Waals surface area (Å²) in [6.45, 7) is 1.60. The molecule has 1 N–H and O–H groups in total. The molecule has 0 spiro atoms. The topological polar surface area (TPSA) is 88.3 Å². The lowest BCUT2D eigenvalue weighted by Crippen LogP contribution is -2.35. The van der Waals surface area contributed by atoms with Crippen LogP contribution in [-0.2, 0) is 17.8 Å². The van der Waals surface area contributed by atoms with Crippen LogP contribution in [0.2, 0.25) is 0 Å². The number of carbonyl (C=O) groups is 2. The highest BCUT2D eigenvalue weighted by Crippen LogP contribution is 2.26. The average molecular weight is 481 g/mol. The number of carbonyl (C=O) groups excluding carboxylic acids is 2. The van der Waals surface area contributed by atoms with Crippen molar-refractivity contribution >= 4 is 11.8 Å². The molecule has 182 valence electrons. The van der Waals surface area contributed by atoms with Crippen molar-refractivity contribution in [3.05, 3.63) is 108 Å². The molecule has 5 rings (SSSR count). The van der Waals surface area contributed by atoms with Crippen LogP contribution in [0.5, 0.6) is 0 Å². The number of nitrogens with one attached hydrogen (secondary N) is 1. The summed E-state index contributed by atoms with van der Waals surface area (Å²) < 4.78 is 5.34. The van der Waals surface area contributed by atoms with Gasteiger partial charge >= 0.3 is 0 Å². The number of hydrogen-bond donors (Lipinski definition) is 1. The number of aromatic nitrogens is 2. The van der Waals surface area contributed by atoms with Crippen molar-refractivity contribution in [1.82, 2.24) is 20.4 Å². The maximum atomic E-state index is 12.9. The zero-order valence-corrected chi connectivity index (χ0v) is 20.0. The highest BCUT2D eigenvalue weighted by molar-refractivity contribution is 5.98. The molecule has 0 aliphatic carbocycles. The fourth-order valence-electron chi connectivity index (χ4n) is 4.53. The van der Waals surface area contributed by atoms with Crippen LogP contribution in [0.4, 0.5) is 0 Å². The van der Waals surface area contributed by atoms with Gasteiger partial charge in [0.05, 0.1) is 0 Å². The first-order valence-electron chi connectivity index (χ1n) is 12.2. The minimum absolute atomic E-state index is 0.00205. The summed E-state index contributed by atoms with van der Waals surface area (Å²) in [5.74, 6) is 1.09. The molecule has 0 fully saturated rings. The maximum Gasteiger partial charge on any atom is 0.254 e. The fraction of sp³-hybridized carbons (Fsp3) is 0.241. The number of amides is 2. The Morgan fingerprint density at radius 2 is 1.69 bits per heavy atom. The fourth-order valence-corrected chi connectivity index (χ4v) is 4.53. The molecule has 0 bridgehead atoms. The van der Waals surface area contributed by atoms with Gasteiger partial charge in [0.25, 0.3) is 5.91 Å². The number of hydrogen-bond acceptors (Lipinski definition) is 5. The molecule has 0 saturated carbocycles. The smallest absolute Gasteiger partial charge is 0.254 e. The molecule has 2 heterocycles. The highest BCUT2D eigenvalue weighted by atomic mass is 16.5. The van der Waals surface area contributed by atoms with E-state index in [1.807, 2.05) is 89.8 Å². The second-order valence-corrected chi connectivity index (χ2v) is 8.99. The van der Waals surface area contributed by atoms with E-state index in [1.165, 1.54) is 0 Å². The van der Waals surface area contributed by atoms with Crippen LogP contribution in [0.1, 0.15) is 46.1 Å². The Bertz CT molecular complexity index is 1320. The molecule has 7 nitrogen and oxygen atoms in total. The Morgan fingerprint density at radius 1 is 0.972 bits per heavy atom.